The van der Waals surface area contributed by atoms with Gasteiger partial charge in [0.2, 0.25) is 11.8 Å². The van der Waals surface area contributed by atoms with Crippen LogP contribution in [-0.4, -0.2) is 81.7 Å². The lowest BCUT2D eigenvalue weighted by Gasteiger charge is -2.46. The standard InChI is InChI=1S/C28H28N6O4/c1-30-28(38)32(14-13-29)33-18-26(36)34-24(15-19-9-11-22(35)12-10-19)27(37)31(17-25(33)34)16-21-7-4-6-20-5-2-3-8-23(20)21/h2-12,24-25,35H,14-18H2,1H3,(H,30,38)/t24?,25-/m1/s1. The number of urea groups is 1. The van der Waals surface area contributed by atoms with Crippen LogP contribution in [0.15, 0.2) is 66.7 Å². The third-order valence-corrected chi connectivity index (χ3v) is 7.15. The average Bonchev–Trinajstić information content (AvgIpc) is 3.25. The van der Waals surface area contributed by atoms with E-state index < -0.39 is 18.2 Å². The van der Waals surface area contributed by atoms with Gasteiger partial charge in [0.05, 0.1) is 19.2 Å². The maximum absolute atomic E-state index is 13.9. The number of fused-ring (bicyclic) bond motifs is 2. The first-order valence-electron chi connectivity index (χ1n) is 12.4. The number of benzene rings is 3. The van der Waals surface area contributed by atoms with Crippen molar-refractivity contribution in [2.75, 3.05) is 26.7 Å². The monoisotopic (exact) mass is 512 g/mol. The quantitative estimate of drug-likeness (QED) is 0.488. The van der Waals surface area contributed by atoms with Crippen molar-refractivity contribution in [2.45, 2.75) is 25.2 Å². The molecule has 2 atom stereocenters. The summed E-state index contributed by atoms with van der Waals surface area (Å²) in [5.74, 6) is -0.367. The van der Waals surface area contributed by atoms with E-state index in [4.69, 9.17) is 0 Å². The van der Waals surface area contributed by atoms with Crippen molar-refractivity contribution in [3.05, 3.63) is 77.9 Å². The molecule has 0 saturated carbocycles. The number of rotatable bonds is 6. The number of hydrogen-bond donors (Lipinski definition) is 2. The minimum absolute atomic E-state index is 0.111. The number of nitriles is 1. The van der Waals surface area contributed by atoms with Gasteiger partial charge >= 0.3 is 6.03 Å². The summed E-state index contributed by atoms with van der Waals surface area (Å²) in [5, 5.41) is 26.5. The molecule has 10 nitrogen and oxygen atoms in total. The van der Waals surface area contributed by atoms with Gasteiger partial charge in [-0.3, -0.25) is 9.59 Å². The summed E-state index contributed by atoms with van der Waals surface area (Å²) in [6.45, 7) is 0.147. The molecule has 2 heterocycles. The third kappa shape index (κ3) is 4.60. The molecule has 0 aromatic heterocycles. The van der Waals surface area contributed by atoms with E-state index in [-0.39, 0.29) is 43.6 Å². The number of carbonyl (C=O) groups is 3. The van der Waals surface area contributed by atoms with Gasteiger partial charge in [0.1, 0.15) is 24.5 Å². The topological polar surface area (TPSA) is 120 Å². The van der Waals surface area contributed by atoms with Gasteiger partial charge in [0.15, 0.2) is 0 Å². The largest absolute Gasteiger partial charge is 0.508 e. The average molecular weight is 513 g/mol. The van der Waals surface area contributed by atoms with Crippen LogP contribution in [0.2, 0.25) is 0 Å². The molecule has 10 heteroatoms. The molecule has 194 valence electrons. The SMILES string of the molecule is CNC(=O)N(CC#N)N1CC(=O)N2C(Cc3ccc(O)cc3)C(=O)N(Cc3cccc4ccccc34)C[C@@H]21. The molecule has 0 radical (unpaired) electrons. The van der Waals surface area contributed by atoms with E-state index in [0.717, 1.165) is 21.9 Å². The summed E-state index contributed by atoms with van der Waals surface area (Å²) in [7, 11) is 1.47. The molecule has 2 fully saturated rings. The normalized spacial score (nSPS) is 19.4. The lowest BCUT2D eigenvalue weighted by atomic mass is 9.99. The van der Waals surface area contributed by atoms with Crippen LogP contribution in [0.1, 0.15) is 11.1 Å². The Kier molecular flexibility index (Phi) is 6.85. The highest BCUT2D eigenvalue weighted by Crippen LogP contribution is 2.31. The highest BCUT2D eigenvalue weighted by molar-refractivity contribution is 5.92. The first kappa shape index (κ1) is 25.0. The Morgan fingerprint density at radius 1 is 1.11 bits per heavy atom. The molecule has 38 heavy (non-hydrogen) atoms. The van der Waals surface area contributed by atoms with Crippen molar-refractivity contribution in [1.82, 2.24) is 25.1 Å². The lowest BCUT2D eigenvalue weighted by Crippen LogP contribution is -2.65. The van der Waals surface area contributed by atoms with E-state index in [0.29, 0.717) is 6.54 Å². The lowest BCUT2D eigenvalue weighted by molar-refractivity contribution is -0.157. The molecule has 5 rings (SSSR count). The summed E-state index contributed by atoms with van der Waals surface area (Å²) in [6, 6.07) is 21.2. The van der Waals surface area contributed by atoms with E-state index in [1.807, 2.05) is 48.5 Å². The fourth-order valence-electron chi connectivity index (χ4n) is 5.36. The van der Waals surface area contributed by atoms with Crippen LogP contribution >= 0.6 is 0 Å². The molecule has 3 aromatic carbocycles. The first-order valence-corrected chi connectivity index (χ1v) is 12.4. The molecular formula is C28H28N6O4. The maximum Gasteiger partial charge on any atom is 0.332 e. The van der Waals surface area contributed by atoms with Gasteiger partial charge in [0.25, 0.3) is 0 Å². The number of hydrogen-bond acceptors (Lipinski definition) is 6. The van der Waals surface area contributed by atoms with Crippen LogP contribution in [0.3, 0.4) is 0 Å². The summed E-state index contributed by atoms with van der Waals surface area (Å²) in [5.41, 5.74) is 1.77. The van der Waals surface area contributed by atoms with Gasteiger partial charge in [-0.1, -0.05) is 54.6 Å². The molecule has 0 bridgehead atoms. The zero-order valence-electron chi connectivity index (χ0n) is 20.9. The number of hydrazine groups is 1. The van der Waals surface area contributed by atoms with Crippen molar-refractivity contribution < 1.29 is 19.5 Å². The van der Waals surface area contributed by atoms with Crippen molar-refractivity contribution >= 4 is 28.6 Å². The summed E-state index contributed by atoms with van der Waals surface area (Å²) in [6.07, 6.45) is -0.373. The molecular weight excluding hydrogens is 484 g/mol. The Bertz CT molecular complexity index is 1410. The minimum Gasteiger partial charge on any atom is -0.508 e. The summed E-state index contributed by atoms with van der Waals surface area (Å²) < 4.78 is 0. The van der Waals surface area contributed by atoms with Gasteiger partial charge in [-0.25, -0.2) is 9.80 Å². The predicted octanol–water partition coefficient (Wildman–Crippen LogP) is 2.05. The van der Waals surface area contributed by atoms with Crippen molar-refractivity contribution in [3.8, 4) is 11.8 Å². The van der Waals surface area contributed by atoms with E-state index in [1.165, 1.54) is 12.1 Å². The Morgan fingerprint density at radius 2 is 1.84 bits per heavy atom. The number of phenols is 1. The number of nitrogens with zero attached hydrogens (tertiary/aromatic N) is 5. The third-order valence-electron chi connectivity index (χ3n) is 7.15. The Morgan fingerprint density at radius 3 is 2.58 bits per heavy atom. The highest BCUT2D eigenvalue weighted by atomic mass is 16.3. The van der Waals surface area contributed by atoms with Crippen LogP contribution in [-0.2, 0) is 22.6 Å². The number of phenolic OH excluding ortho intramolecular Hbond substituents is 1. The van der Waals surface area contributed by atoms with Gasteiger partial charge < -0.3 is 20.2 Å². The van der Waals surface area contributed by atoms with Crippen molar-refractivity contribution in [1.29, 1.82) is 5.26 Å². The number of aromatic hydroxyl groups is 1. The number of carbonyl (C=O) groups excluding carboxylic acids is 3. The van der Waals surface area contributed by atoms with Crippen molar-refractivity contribution in [2.24, 2.45) is 0 Å². The second-order valence-electron chi connectivity index (χ2n) is 9.39. The minimum atomic E-state index is -0.806. The fraction of sp³-hybridized carbons (Fsp3) is 0.286. The van der Waals surface area contributed by atoms with E-state index in [2.05, 4.69) is 5.32 Å². The van der Waals surface area contributed by atoms with Gasteiger partial charge in [-0.15, -0.1) is 0 Å². The molecule has 1 unspecified atom stereocenters. The maximum atomic E-state index is 13.9. The smallest absolute Gasteiger partial charge is 0.332 e. The van der Waals surface area contributed by atoms with E-state index in [1.54, 1.807) is 39.1 Å². The van der Waals surface area contributed by atoms with Crippen molar-refractivity contribution in [3.63, 3.8) is 0 Å². The van der Waals surface area contributed by atoms with Gasteiger partial charge in [-0.2, -0.15) is 10.3 Å². The van der Waals surface area contributed by atoms with E-state index >= 15 is 0 Å². The highest BCUT2D eigenvalue weighted by Gasteiger charge is 2.52. The molecule has 0 aliphatic carbocycles. The number of piperazine rings is 1. The Labute approximate surface area is 220 Å². The van der Waals surface area contributed by atoms with Crippen LogP contribution in [0.4, 0.5) is 4.79 Å². The molecule has 0 spiro atoms. The van der Waals surface area contributed by atoms with Crippen LogP contribution in [0, 0.1) is 11.3 Å². The zero-order valence-corrected chi connectivity index (χ0v) is 20.9. The first-order chi connectivity index (χ1) is 18.4. The molecule has 3 aromatic rings. The Balaban J connectivity index is 1.53. The second-order valence-corrected chi connectivity index (χ2v) is 9.39. The van der Waals surface area contributed by atoms with Crippen LogP contribution in [0.5, 0.6) is 5.75 Å². The zero-order chi connectivity index (χ0) is 26.8. The van der Waals surface area contributed by atoms with Crippen LogP contribution in [0.25, 0.3) is 10.8 Å². The molecule has 2 saturated heterocycles. The molecule has 2 aliphatic rings. The predicted molar refractivity (Wildman–Crippen MR) is 139 cm³/mol. The molecule has 2 aliphatic heterocycles. The Hall–Kier alpha value is -4.62. The summed E-state index contributed by atoms with van der Waals surface area (Å²) in [4.78, 5) is 43.2. The number of nitrogens with one attached hydrogen (secondary N) is 1. The second kappa shape index (κ2) is 10.4. The van der Waals surface area contributed by atoms with Gasteiger partial charge in [-0.05, 0) is 34.0 Å². The van der Waals surface area contributed by atoms with Crippen LogP contribution < -0.4 is 5.32 Å². The van der Waals surface area contributed by atoms with Gasteiger partial charge in [0, 0.05) is 20.0 Å². The molecule has 4 amide bonds. The molecule has 2 N–H and O–H groups in total. The number of amides is 4. The summed E-state index contributed by atoms with van der Waals surface area (Å²) >= 11 is 0. The van der Waals surface area contributed by atoms with E-state index in [9.17, 15) is 24.8 Å². The fourth-order valence-corrected chi connectivity index (χ4v) is 5.36.